The van der Waals surface area contributed by atoms with Crippen molar-refractivity contribution in [2.24, 2.45) is 5.73 Å². The Labute approximate surface area is 93.1 Å². The number of anilines is 2. The highest BCUT2D eigenvalue weighted by Crippen LogP contribution is 2.34. The molecule has 3 N–H and O–H groups in total. The van der Waals surface area contributed by atoms with Gasteiger partial charge in [0.05, 0.1) is 11.4 Å². The van der Waals surface area contributed by atoms with Crippen molar-refractivity contribution in [1.29, 1.82) is 0 Å². The molecule has 0 saturated carbocycles. The van der Waals surface area contributed by atoms with Crippen molar-refractivity contribution in [3.8, 4) is 0 Å². The SMILES string of the molecule is CN1c2cscc2NC[C@@H]1CCC(N)=O. The molecule has 1 aromatic rings. The first-order valence-electron chi connectivity index (χ1n) is 4.99. The summed E-state index contributed by atoms with van der Waals surface area (Å²) in [4.78, 5) is 13.0. The molecule has 0 fully saturated rings. The zero-order valence-corrected chi connectivity index (χ0v) is 9.51. The Kier molecular flexibility index (Phi) is 2.81. The van der Waals surface area contributed by atoms with Crippen LogP contribution in [0.4, 0.5) is 11.4 Å². The van der Waals surface area contributed by atoms with Crippen molar-refractivity contribution in [1.82, 2.24) is 0 Å². The first-order chi connectivity index (χ1) is 7.18. The standard InChI is InChI=1S/C10H15N3OS/c1-13-7(2-3-10(11)14)4-12-8-5-15-6-9(8)13/h5-7,12H,2-4H2,1H3,(H2,11,14)/t7-/m0/s1. The third-order valence-electron chi connectivity index (χ3n) is 2.82. The van der Waals surface area contributed by atoms with Gasteiger partial charge in [-0.05, 0) is 6.42 Å². The number of hydrogen-bond donors (Lipinski definition) is 2. The molecule has 1 aliphatic rings. The van der Waals surface area contributed by atoms with Crippen molar-refractivity contribution in [3.63, 3.8) is 0 Å². The van der Waals surface area contributed by atoms with Crippen LogP contribution in [0.5, 0.6) is 0 Å². The maximum absolute atomic E-state index is 10.7. The lowest BCUT2D eigenvalue weighted by atomic mass is 10.1. The monoisotopic (exact) mass is 225 g/mol. The maximum Gasteiger partial charge on any atom is 0.217 e. The van der Waals surface area contributed by atoms with E-state index in [4.69, 9.17) is 5.73 Å². The summed E-state index contributed by atoms with van der Waals surface area (Å²) in [5, 5.41) is 7.59. The van der Waals surface area contributed by atoms with E-state index in [1.165, 1.54) is 11.4 Å². The molecular weight excluding hydrogens is 210 g/mol. The summed E-state index contributed by atoms with van der Waals surface area (Å²) in [7, 11) is 2.07. The number of rotatable bonds is 3. The molecule has 1 atom stereocenters. The van der Waals surface area contributed by atoms with E-state index in [1.807, 2.05) is 0 Å². The number of nitrogens with one attached hydrogen (secondary N) is 1. The average molecular weight is 225 g/mol. The predicted molar refractivity (Wildman–Crippen MR) is 63.4 cm³/mol. The number of likely N-dealkylation sites (N-methyl/N-ethyl adjacent to an activating group) is 1. The van der Waals surface area contributed by atoms with E-state index in [1.54, 1.807) is 11.3 Å². The lowest BCUT2D eigenvalue weighted by molar-refractivity contribution is -0.118. The van der Waals surface area contributed by atoms with Gasteiger partial charge in [0.25, 0.3) is 0 Å². The number of amides is 1. The Balaban J connectivity index is 2.03. The summed E-state index contributed by atoms with van der Waals surface area (Å²) in [5.74, 6) is -0.223. The highest BCUT2D eigenvalue weighted by Gasteiger charge is 2.23. The number of carbonyl (C=O) groups excluding carboxylic acids is 1. The minimum atomic E-state index is -0.223. The van der Waals surface area contributed by atoms with Crippen LogP contribution < -0.4 is 16.0 Å². The largest absolute Gasteiger partial charge is 0.381 e. The zero-order chi connectivity index (χ0) is 10.8. The molecule has 0 radical (unpaired) electrons. The van der Waals surface area contributed by atoms with Gasteiger partial charge < -0.3 is 16.0 Å². The Morgan fingerprint density at radius 2 is 2.53 bits per heavy atom. The summed E-state index contributed by atoms with van der Waals surface area (Å²) < 4.78 is 0. The fourth-order valence-corrected chi connectivity index (χ4v) is 2.69. The number of fused-ring (bicyclic) bond motifs is 1. The lowest BCUT2D eigenvalue weighted by Crippen LogP contribution is -2.41. The first-order valence-corrected chi connectivity index (χ1v) is 5.94. The summed E-state index contributed by atoms with van der Waals surface area (Å²) >= 11 is 1.69. The van der Waals surface area contributed by atoms with Crippen LogP contribution in [0.1, 0.15) is 12.8 Å². The minimum absolute atomic E-state index is 0.223. The summed E-state index contributed by atoms with van der Waals surface area (Å²) in [6.07, 6.45) is 1.27. The predicted octanol–water partition coefficient (Wildman–Crippen LogP) is 1.24. The van der Waals surface area contributed by atoms with Gasteiger partial charge in [0.1, 0.15) is 0 Å². The van der Waals surface area contributed by atoms with Crippen LogP contribution in [-0.4, -0.2) is 25.5 Å². The molecule has 0 aromatic carbocycles. The first kappa shape index (κ1) is 10.3. The highest BCUT2D eigenvalue weighted by atomic mass is 32.1. The van der Waals surface area contributed by atoms with Crippen molar-refractivity contribution in [2.45, 2.75) is 18.9 Å². The van der Waals surface area contributed by atoms with E-state index in [0.717, 1.165) is 13.0 Å². The number of nitrogens with zero attached hydrogens (tertiary/aromatic N) is 1. The van der Waals surface area contributed by atoms with Gasteiger partial charge in [0.15, 0.2) is 0 Å². The molecule has 4 nitrogen and oxygen atoms in total. The number of thiophene rings is 1. The van der Waals surface area contributed by atoms with Crippen molar-refractivity contribution < 1.29 is 4.79 Å². The van der Waals surface area contributed by atoms with Crippen molar-refractivity contribution in [3.05, 3.63) is 10.8 Å². The van der Waals surface area contributed by atoms with Crippen molar-refractivity contribution in [2.75, 3.05) is 23.8 Å². The summed E-state index contributed by atoms with van der Waals surface area (Å²) in [6.45, 7) is 0.882. The number of hydrogen-bond acceptors (Lipinski definition) is 4. The topological polar surface area (TPSA) is 58.4 Å². The molecule has 0 saturated heterocycles. The smallest absolute Gasteiger partial charge is 0.217 e. The van der Waals surface area contributed by atoms with E-state index in [-0.39, 0.29) is 5.91 Å². The van der Waals surface area contributed by atoms with Crippen LogP contribution in [0.2, 0.25) is 0 Å². The second-order valence-corrected chi connectivity index (χ2v) is 4.56. The van der Waals surface area contributed by atoms with Gasteiger partial charge in [0.2, 0.25) is 5.91 Å². The molecule has 0 aliphatic carbocycles. The van der Waals surface area contributed by atoms with Gasteiger partial charge in [-0.3, -0.25) is 4.79 Å². The molecule has 2 rings (SSSR count). The molecule has 1 amide bonds. The normalized spacial score (nSPS) is 19.5. The van der Waals surface area contributed by atoms with Crippen molar-refractivity contribution >= 4 is 28.6 Å². The number of nitrogens with two attached hydrogens (primary N) is 1. The molecule has 5 heteroatoms. The lowest BCUT2D eigenvalue weighted by Gasteiger charge is -2.35. The molecule has 0 spiro atoms. The van der Waals surface area contributed by atoms with Gasteiger partial charge in [-0.2, -0.15) is 0 Å². The second kappa shape index (κ2) is 4.10. The Bertz CT molecular complexity index is 363. The molecule has 0 unspecified atom stereocenters. The van der Waals surface area contributed by atoms with Crippen LogP contribution in [0.25, 0.3) is 0 Å². The second-order valence-electron chi connectivity index (χ2n) is 3.82. The maximum atomic E-state index is 10.7. The number of primary amides is 1. The van der Waals surface area contributed by atoms with E-state index >= 15 is 0 Å². The number of carbonyl (C=O) groups is 1. The Morgan fingerprint density at radius 1 is 1.73 bits per heavy atom. The van der Waals surface area contributed by atoms with Gasteiger partial charge >= 0.3 is 0 Å². The van der Waals surface area contributed by atoms with Crippen LogP contribution in [0, 0.1) is 0 Å². The average Bonchev–Trinajstić information content (AvgIpc) is 2.65. The highest BCUT2D eigenvalue weighted by molar-refractivity contribution is 7.09. The van der Waals surface area contributed by atoms with Crippen LogP contribution in [0.15, 0.2) is 10.8 Å². The zero-order valence-electron chi connectivity index (χ0n) is 8.69. The quantitative estimate of drug-likeness (QED) is 0.814. The third-order valence-corrected chi connectivity index (χ3v) is 3.55. The third kappa shape index (κ3) is 2.07. The van der Waals surface area contributed by atoms with Gasteiger partial charge in [0, 0.05) is 36.8 Å². The molecular formula is C10H15N3OS. The molecule has 0 bridgehead atoms. The van der Waals surface area contributed by atoms with Gasteiger partial charge in [-0.25, -0.2) is 0 Å². The minimum Gasteiger partial charge on any atom is -0.381 e. The van der Waals surface area contributed by atoms with Gasteiger partial charge in [-0.1, -0.05) is 0 Å². The summed E-state index contributed by atoms with van der Waals surface area (Å²) in [5.41, 5.74) is 7.57. The molecule has 1 aliphatic heterocycles. The molecule has 82 valence electrons. The Hall–Kier alpha value is -1.23. The van der Waals surface area contributed by atoms with Gasteiger partial charge in [-0.15, -0.1) is 11.3 Å². The molecule has 15 heavy (non-hydrogen) atoms. The van der Waals surface area contributed by atoms with Crippen LogP contribution >= 0.6 is 11.3 Å². The van der Waals surface area contributed by atoms with E-state index < -0.39 is 0 Å². The van der Waals surface area contributed by atoms with E-state index in [2.05, 4.69) is 28.0 Å². The van der Waals surface area contributed by atoms with E-state index in [0.29, 0.717) is 12.5 Å². The fourth-order valence-electron chi connectivity index (χ4n) is 1.86. The molecule has 2 heterocycles. The summed E-state index contributed by atoms with van der Waals surface area (Å²) in [6, 6.07) is 0.361. The van der Waals surface area contributed by atoms with Crippen LogP contribution in [0.3, 0.4) is 0 Å². The van der Waals surface area contributed by atoms with E-state index in [9.17, 15) is 4.79 Å². The molecule has 1 aromatic heterocycles. The fraction of sp³-hybridized carbons (Fsp3) is 0.500. The Morgan fingerprint density at radius 3 is 3.27 bits per heavy atom. The van der Waals surface area contributed by atoms with Crippen LogP contribution in [-0.2, 0) is 4.79 Å².